The van der Waals surface area contributed by atoms with Crippen LogP contribution in [-0.2, 0) is 44.8 Å². The van der Waals surface area contributed by atoms with Crippen LogP contribution in [0, 0.1) is 0 Å². The molecule has 1 aliphatic rings. The second-order valence-electron chi connectivity index (χ2n) is 8.23. The van der Waals surface area contributed by atoms with Crippen LogP contribution < -0.4 is 14.2 Å². The average Bonchev–Trinajstić information content (AvgIpc) is 3.13. The van der Waals surface area contributed by atoms with E-state index in [4.69, 9.17) is 32.7 Å². The third-order valence-electron chi connectivity index (χ3n) is 4.84. The lowest BCUT2D eigenvalue weighted by molar-refractivity contribution is -0.172. The first-order valence-corrected chi connectivity index (χ1v) is 16.3. The van der Waals surface area contributed by atoms with Crippen molar-refractivity contribution < 1.29 is 72.3 Å². The minimum Gasteiger partial charge on any atom is -0.489 e. The molecule has 226 valence electrons. The molecule has 1 heterocycles. The molecule has 17 nitrogen and oxygen atoms in total. The van der Waals surface area contributed by atoms with E-state index in [9.17, 15) is 39.6 Å². The molecule has 1 aromatic rings. The van der Waals surface area contributed by atoms with Crippen molar-refractivity contribution in [1.29, 1.82) is 0 Å². The maximum Gasteiger partial charge on any atom is 0.364 e. The summed E-state index contributed by atoms with van der Waals surface area (Å²) in [5.41, 5.74) is -0.354. The molecule has 1 saturated heterocycles. The zero-order valence-electron chi connectivity index (χ0n) is 20.8. The van der Waals surface area contributed by atoms with E-state index in [-0.39, 0.29) is 79.8 Å². The second-order valence-corrected chi connectivity index (χ2v) is 12.9. The van der Waals surface area contributed by atoms with Crippen molar-refractivity contribution in [1.82, 2.24) is 5.06 Å². The molecule has 1 fully saturated rings. The summed E-state index contributed by atoms with van der Waals surface area (Å²) in [5, 5.41) is 0.279. The highest BCUT2D eigenvalue weighted by atomic mass is 32.2. The number of imide groups is 1. The molecule has 20 heteroatoms. The summed E-state index contributed by atoms with van der Waals surface area (Å²) < 4.78 is 109. The summed E-state index contributed by atoms with van der Waals surface area (Å²) in [5.74, 6) is -5.59. The molecule has 0 atom stereocenters. The van der Waals surface area contributed by atoms with Crippen molar-refractivity contribution in [3.63, 3.8) is 0 Å². The normalized spacial score (nSPS) is 14.3. The highest BCUT2D eigenvalue weighted by Crippen LogP contribution is 2.40. The van der Waals surface area contributed by atoms with Crippen LogP contribution in [0.4, 0.5) is 0 Å². The van der Waals surface area contributed by atoms with Gasteiger partial charge in [-0.1, -0.05) is 0 Å². The van der Waals surface area contributed by atoms with Crippen molar-refractivity contribution in [3.05, 3.63) is 17.7 Å². The van der Waals surface area contributed by atoms with E-state index in [1.54, 1.807) is 0 Å². The number of hydrogen-bond donors (Lipinski definition) is 3. The van der Waals surface area contributed by atoms with Gasteiger partial charge in [0.2, 0.25) is 5.75 Å². The van der Waals surface area contributed by atoms with Gasteiger partial charge in [-0.05, 0) is 31.4 Å². The van der Waals surface area contributed by atoms with Crippen LogP contribution in [0.3, 0.4) is 0 Å². The number of rotatable bonds is 17. The maximum absolute atomic E-state index is 12.8. The molecule has 2 rings (SSSR count). The standard InChI is InChI=1S/C20H27NO16S3/c22-17-4-5-18(23)21(17)37-20(24)14-12-15(34-6-1-9-38(25,26)27)19(36-8-3-11-40(31,32)33)16(13-14)35-7-2-10-39(28,29)30/h12-13H,1-11H2,(H,25,26,27)(H,28,29,30)(H,31,32,33). The molecule has 0 unspecified atom stereocenters. The Bertz CT molecular complexity index is 1340. The van der Waals surface area contributed by atoms with Gasteiger partial charge in [-0.15, -0.1) is 5.06 Å². The highest BCUT2D eigenvalue weighted by Gasteiger charge is 2.33. The molecule has 2 amide bonds. The van der Waals surface area contributed by atoms with E-state index in [0.717, 1.165) is 12.1 Å². The molecule has 1 aliphatic heterocycles. The van der Waals surface area contributed by atoms with Gasteiger partial charge in [0.1, 0.15) is 0 Å². The fourth-order valence-electron chi connectivity index (χ4n) is 3.11. The van der Waals surface area contributed by atoms with Gasteiger partial charge in [-0.3, -0.25) is 23.2 Å². The summed E-state index contributed by atoms with van der Waals surface area (Å²) in [4.78, 5) is 41.3. The minimum atomic E-state index is -4.33. The van der Waals surface area contributed by atoms with Crippen LogP contribution in [0.5, 0.6) is 17.2 Å². The van der Waals surface area contributed by atoms with Gasteiger partial charge in [0, 0.05) is 12.8 Å². The Morgan fingerprint density at radius 2 is 1.07 bits per heavy atom. The topological polar surface area (TPSA) is 254 Å². The van der Waals surface area contributed by atoms with Crippen molar-refractivity contribution >= 4 is 48.1 Å². The van der Waals surface area contributed by atoms with Crippen LogP contribution in [-0.4, -0.2) is 98.8 Å². The molecule has 0 aromatic heterocycles. The Hall–Kier alpha value is -3.04. The molecule has 0 bridgehead atoms. The van der Waals surface area contributed by atoms with E-state index in [1.165, 1.54) is 0 Å². The monoisotopic (exact) mass is 633 g/mol. The first kappa shape index (κ1) is 33.2. The zero-order valence-corrected chi connectivity index (χ0v) is 23.2. The Morgan fingerprint density at radius 1 is 0.700 bits per heavy atom. The van der Waals surface area contributed by atoms with E-state index < -0.39 is 65.4 Å². The van der Waals surface area contributed by atoms with Crippen LogP contribution in [0.25, 0.3) is 0 Å². The van der Waals surface area contributed by atoms with Crippen molar-refractivity contribution in [2.45, 2.75) is 32.1 Å². The SMILES string of the molecule is O=C(ON1C(=O)CCC1=O)c1cc(OCCCS(=O)(=O)O)c(OCCCS(=O)(=O)O)c(OCCCS(=O)(=O)O)c1. The highest BCUT2D eigenvalue weighted by molar-refractivity contribution is 7.86. The zero-order chi connectivity index (χ0) is 30.1. The summed E-state index contributed by atoms with van der Waals surface area (Å²) in [6.07, 6.45) is -1.01. The van der Waals surface area contributed by atoms with Crippen LogP contribution in [0.2, 0.25) is 0 Å². The molecule has 3 N–H and O–H groups in total. The number of ether oxygens (including phenoxy) is 3. The summed E-state index contributed by atoms with van der Waals surface area (Å²) in [6, 6.07) is 2.06. The number of benzene rings is 1. The van der Waals surface area contributed by atoms with Gasteiger partial charge in [0.15, 0.2) is 11.5 Å². The smallest absolute Gasteiger partial charge is 0.364 e. The molecule has 1 aromatic carbocycles. The molecule has 0 radical (unpaired) electrons. The molecule has 0 aliphatic carbocycles. The van der Waals surface area contributed by atoms with E-state index in [0.29, 0.717) is 0 Å². The van der Waals surface area contributed by atoms with Gasteiger partial charge in [-0.25, -0.2) is 4.79 Å². The van der Waals surface area contributed by atoms with E-state index in [1.807, 2.05) is 0 Å². The minimum absolute atomic E-state index is 0.174. The summed E-state index contributed by atoms with van der Waals surface area (Å²) in [6.45, 7) is -1.06. The van der Waals surface area contributed by atoms with Gasteiger partial charge >= 0.3 is 5.97 Å². The fourth-order valence-corrected chi connectivity index (χ4v) is 4.56. The Kier molecular flexibility index (Phi) is 11.6. The van der Waals surface area contributed by atoms with Gasteiger partial charge in [-0.2, -0.15) is 25.3 Å². The number of nitrogens with zero attached hydrogens (tertiary/aromatic N) is 1. The molecule has 0 spiro atoms. The Balaban J connectivity index is 2.38. The van der Waals surface area contributed by atoms with Crippen molar-refractivity contribution in [2.75, 3.05) is 37.1 Å². The number of carbonyl (C=O) groups excluding carboxylic acids is 3. The fraction of sp³-hybridized carbons (Fsp3) is 0.550. The molecule has 0 saturated carbocycles. The number of hydrogen-bond acceptors (Lipinski definition) is 13. The predicted octanol–water partition coefficient (Wildman–Crippen LogP) is -0.122. The van der Waals surface area contributed by atoms with Crippen LogP contribution >= 0.6 is 0 Å². The quantitative estimate of drug-likeness (QED) is 0.115. The lowest BCUT2D eigenvalue weighted by atomic mass is 10.2. The Labute approximate surface area is 229 Å². The first-order chi connectivity index (χ1) is 18.5. The number of amides is 2. The van der Waals surface area contributed by atoms with Gasteiger partial charge in [0.05, 0.1) is 42.6 Å². The van der Waals surface area contributed by atoms with Gasteiger partial charge in [0.25, 0.3) is 42.2 Å². The average molecular weight is 634 g/mol. The maximum atomic E-state index is 12.8. The van der Waals surface area contributed by atoms with Crippen molar-refractivity contribution in [2.24, 2.45) is 0 Å². The molecule has 40 heavy (non-hydrogen) atoms. The first-order valence-electron chi connectivity index (χ1n) is 11.5. The predicted molar refractivity (Wildman–Crippen MR) is 133 cm³/mol. The van der Waals surface area contributed by atoms with E-state index >= 15 is 0 Å². The van der Waals surface area contributed by atoms with Crippen LogP contribution in [0.15, 0.2) is 12.1 Å². The third-order valence-corrected chi connectivity index (χ3v) is 7.25. The lowest BCUT2D eigenvalue weighted by Crippen LogP contribution is -2.32. The summed E-state index contributed by atoms with van der Waals surface area (Å²) in [7, 11) is -13.0. The molecular formula is C20H27NO16S3. The lowest BCUT2D eigenvalue weighted by Gasteiger charge is -2.19. The summed E-state index contributed by atoms with van der Waals surface area (Å²) >= 11 is 0. The second kappa shape index (κ2) is 14.0. The Morgan fingerprint density at radius 3 is 1.45 bits per heavy atom. The van der Waals surface area contributed by atoms with Crippen molar-refractivity contribution in [3.8, 4) is 17.2 Å². The number of hydroxylamine groups is 2. The largest absolute Gasteiger partial charge is 0.489 e. The van der Waals surface area contributed by atoms with Gasteiger partial charge < -0.3 is 19.0 Å². The van der Waals surface area contributed by atoms with Crippen LogP contribution in [0.1, 0.15) is 42.5 Å². The third kappa shape index (κ3) is 12.0. The molecular weight excluding hydrogens is 606 g/mol. The van der Waals surface area contributed by atoms with E-state index in [2.05, 4.69) is 0 Å². The number of carbonyl (C=O) groups is 3.